The highest BCUT2D eigenvalue weighted by molar-refractivity contribution is 5.91. The van der Waals surface area contributed by atoms with E-state index in [1.807, 2.05) is 0 Å². The maximum atomic E-state index is 4.24. The van der Waals surface area contributed by atoms with Crippen molar-refractivity contribution in [1.29, 1.82) is 0 Å². The summed E-state index contributed by atoms with van der Waals surface area (Å²) in [5, 5.41) is 0. The predicted molar refractivity (Wildman–Crippen MR) is 129 cm³/mol. The fourth-order valence-electron chi connectivity index (χ4n) is 5.70. The summed E-state index contributed by atoms with van der Waals surface area (Å²) in [4.78, 5) is 0. The van der Waals surface area contributed by atoms with E-state index in [-0.39, 0.29) is 5.41 Å². The van der Waals surface area contributed by atoms with E-state index in [0.717, 1.165) is 0 Å². The Kier molecular flexibility index (Phi) is 5.32. The third-order valence-electron chi connectivity index (χ3n) is 7.73. The number of benzene rings is 2. The molecule has 1 saturated carbocycles. The minimum Gasteiger partial charge on any atom is -0.0984 e. The van der Waals surface area contributed by atoms with Crippen LogP contribution in [0.25, 0.3) is 23.3 Å². The van der Waals surface area contributed by atoms with Gasteiger partial charge >= 0.3 is 0 Å². The summed E-state index contributed by atoms with van der Waals surface area (Å²) in [5.74, 6) is 1.26. The number of hydrogen-bond acceptors (Lipinski definition) is 0. The summed E-state index contributed by atoms with van der Waals surface area (Å²) < 4.78 is 0. The Bertz CT molecular complexity index is 950. The average molecular weight is 385 g/mol. The molecule has 2 aliphatic rings. The normalized spacial score (nSPS) is 18.8. The van der Waals surface area contributed by atoms with Gasteiger partial charge in [-0.15, -0.1) is 0 Å². The van der Waals surface area contributed by atoms with Gasteiger partial charge in [0, 0.05) is 5.41 Å². The van der Waals surface area contributed by atoms with E-state index < -0.39 is 0 Å². The molecule has 0 bridgehead atoms. The first kappa shape index (κ1) is 20.2. The SMILES string of the molecule is C=Cc1c(C2CCCCC2)cc2c(c1C=C)-c1ccc(C(C)CC)cc1C2(C)C. The van der Waals surface area contributed by atoms with Gasteiger partial charge in [0.25, 0.3) is 0 Å². The van der Waals surface area contributed by atoms with Gasteiger partial charge < -0.3 is 0 Å². The van der Waals surface area contributed by atoms with Crippen LogP contribution < -0.4 is 0 Å². The number of rotatable bonds is 5. The maximum Gasteiger partial charge on any atom is 0.0159 e. The Morgan fingerprint density at radius 1 is 1.00 bits per heavy atom. The quantitative estimate of drug-likeness (QED) is 0.483. The second-order valence-electron chi connectivity index (χ2n) is 9.70. The van der Waals surface area contributed by atoms with Gasteiger partial charge in [0.15, 0.2) is 0 Å². The molecule has 0 heterocycles. The molecule has 0 saturated heterocycles. The van der Waals surface area contributed by atoms with Gasteiger partial charge in [-0.3, -0.25) is 0 Å². The smallest absolute Gasteiger partial charge is 0.0159 e. The first-order valence-corrected chi connectivity index (χ1v) is 11.5. The van der Waals surface area contributed by atoms with Crippen molar-refractivity contribution in [2.24, 2.45) is 0 Å². The van der Waals surface area contributed by atoms with E-state index in [1.165, 1.54) is 83.0 Å². The van der Waals surface area contributed by atoms with Crippen molar-refractivity contribution < 1.29 is 0 Å². The maximum absolute atomic E-state index is 4.24. The second-order valence-corrected chi connectivity index (χ2v) is 9.70. The Hall–Kier alpha value is -2.08. The molecule has 1 atom stereocenters. The van der Waals surface area contributed by atoms with Crippen molar-refractivity contribution in [1.82, 2.24) is 0 Å². The summed E-state index contributed by atoms with van der Waals surface area (Å²) >= 11 is 0. The lowest BCUT2D eigenvalue weighted by molar-refractivity contribution is 0.442. The molecular weight excluding hydrogens is 348 g/mol. The van der Waals surface area contributed by atoms with Gasteiger partial charge in [-0.1, -0.05) is 96.5 Å². The molecule has 4 rings (SSSR count). The highest BCUT2D eigenvalue weighted by Crippen LogP contribution is 2.53. The Labute approximate surface area is 177 Å². The highest BCUT2D eigenvalue weighted by Gasteiger charge is 2.38. The monoisotopic (exact) mass is 384 g/mol. The van der Waals surface area contributed by atoms with Crippen molar-refractivity contribution in [2.75, 3.05) is 0 Å². The summed E-state index contributed by atoms with van der Waals surface area (Å²) in [7, 11) is 0. The van der Waals surface area contributed by atoms with Crippen LogP contribution in [0.15, 0.2) is 37.4 Å². The minimum atomic E-state index is 0.0228. The molecule has 0 radical (unpaired) electrons. The fourth-order valence-corrected chi connectivity index (χ4v) is 5.70. The Balaban J connectivity index is 1.96. The van der Waals surface area contributed by atoms with Crippen LogP contribution in [0.4, 0.5) is 0 Å². The largest absolute Gasteiger partial charge is 0.0984 e. The van der Waals surface area contributed by atoms with E-state index in [9.17, 15) is 0 Å². The summed E-state index contributed by atoms with van der Waals surface area (Å²) in [6, 6.07) is 9.72. The molecule has 2 aromatic rings. The topological polar surface area (TPSA) is 0 Å². The lowest BCUT2D eigenvalue weighted by Crippen LogP contribution is -2.17. The standard InChI is InChI=1S/C29H36/c1-7-19(4)21-15-16-24-26(17-21)29(5,6)27-18-25(20-13-11-10-12-14-20)22(8-2)23(9-3)28(24)27/h8-9,15-20H,2-3,7,10-14H2,1,4-6H3. The lowest BCUT2D eigenvalue weighted by atomic mass is 9.75. The Morgan fingerprint density at radius 3 is 2.31 bits per heavy atom. The molecule has 1 fully saturated rings. The summed E-state index contributed by atoms with van der Waals surface area (Å²) in [6.07, 6.45) is 12.0. The lowest BCUT2D eigenvalue weighted by Gasteiger charge is -2.28. The Morgan fingerprint density at radius 2 is 1.69 bits per heavy atom. The zero-order valence-corrected chi connectivity index (χ0v) is 18.8. The molecule has 0 aliphatic heterocycles. The van der Waals surface area contributed by atoms with Crippen LogP contribution in [0, 0.1) is 0 Å². The summed E-state index contributed by atoms with van der Waals surface area (Å²) in [6.45, 7) is 17.9. The van der Waals surface area contributed by atoms with Gasteiger partial charge in [0.05, 0.1) is 0 Å². The van der Waals surface area contributed by atoms with Crippen LogP contribution in [-0.4, -0.2) is 0 Å². The van der Waals surface area contributed by atoms with Crippen LogP contribution in [0.3, 0.4) is 0 Å². The molecule has 2 aromatic carbocycles. The van der Waals surface area contributed by atoms with Crippen molar-refractivity contribution in [3.05, 3.63) is 70.8 Å². The number of hydrogen-bond donors (Lipinski definition) is 0. The van der Waals surface area contributed by atoms with Crippen molar-refractivity contribution in [3.8, 4) is 11.1 Å². The molecule has 0 spiro atoms. The van der Waals surface area contributed by atoms with Crippen LogP contribution >= 0.6 is 0 Å². The molecule has 0 aromatic heterocycles. The molecule has 1 unspecified atom stereocenters. The van der Waals surface area contributed by atoms with Crippen LogP contribution in [0.1, 0.15) is 111 Å². The van der Waals surface area contributed by atoms with Crippen molar-refractivity contribution in [3.63, 3.8) is 0 Å². The molecule has 0 nitrogen and oxygen atoms in total. The van der Waals surface area contributed by atoms with Gasteiger partial charge in [-0.25, -0.2) is 0 Å². The van der Waals surface area contributed by atoms with Gasteiger partial charge in [-0.05, 0) is 75.6 Å². The van der Waals surface area contributed by atoms with Gasteiger partial charge in [-0.2, -0.15) is 0 Å². The molecule has 0 N–H and O–H groups in total. The van der Waals surface area contributed by atoms with Gasteiger partial charge in [0.2, 0.25) is 0 Å². The highest BCUT2D eigenvalue weighted by atomic mass is 14.4. The molecule has 0 amide bonds. The predicted octanol–water partition coefficient (Wildman–Crippen LogP) is 8.84. The molecule has 0 heteroatoms. The van der Waals surface area contributed by atoms with Crippen LogP contribution in [0.5, 0.6) is 0 Å². The fraction of sp³-hybridized carbons (Fsp3) is 0.448. The molecular formula is C29H36. The van der Waals surface area contributed by atoms with Crippen LogP contribution in [-0.2, 0) is 5.41 Å². The van der Waals surface area contributed by atoms with Crippen LogP contribution in [0.2, 0.25) is 0 Å². The zero-order chi connectivity index (χ0) is 20.8. The summed E-state index contributed by atoms with van der Waals surface area (Å²) in [5.41, 5.74) is 11.4. The second kappa shape index (κ2) is 7.63. The third-order valence-corrected chi connectivity index (χ3v) is 7.73. The minimum absolute atomic E-state index is 0.0228. The van der Waals surface area contributed by atoms with Crippen molar-refractivity contribution in [2.45, 2.75) is 83.5 Å². The van der Waals surface area contributed by atoms with E-state index >= 15 is 0 Å². The van der Waals surface area contributed by atoms with Gasteiger partial charge in [0.1, 0.15) is 0 Å². The first-order chi connectivity index (χ1) is 13.9. The molecule has 2 aliphatic carbocycles. The average Bonchev–Trinajstić information content (AvgIpc) is 2.98. The van der Waals surface area contributed by atoms with E-state index in [1.54, 1.807) is 0 Å². The molecule has 152 valence electrons. The van der Waals surface area contributed by atoms with E-state index in [2.05, 4.69) is 77.3 Å². The third kappa shape index (κ3) is 3.12. The number of fused-ring (bicyclic) bond motifs is 3. The molecule has 29 heavy (non-hydrogen) atoms. The van der Waals surface area contributed by atoms with Crippen molar-refractivity contribution >= 4 is 12.2 Å². The first-order valence-electron chi connectivity index (χ1n) is 11.5. The van der Waals surface area contributed by atoms with E-state index in [0.29, 0.717) is 11.8 Å². The zero-order valence-electron chi connectivity index (χ0n) is 18.8. The van der Waals surface area contributed by atoms with E-state index in [4.69, 9.17) is 0 Å².